The molecule has 2 aromatic carbocycles. The normalized spacial score (nSPS) is 10.5. The second-order valence-corrected chi connectivity index (χ2v) is 4.92. The second kappa shape index (κ2) is 5.29. The first-order valence-corrected chi connectivity index (χ1v) is 6.25. The number of phenols is 2. The van der Waals surface area contributed by atoms with Gasteiger partial charge in [-0.3, -0.25) is 4.79 Å². The Hall–Kier alpha value is -1.42. The minimum absolute atomic E-state index is 0.0458. The Kier molecular flexibility index (Phi) is 3.90. The van der Waals surface area contributed by atoms with Gasteiger partial charge in [0.05, 0.1) is 10.0 Å². The first kappa shape index (κ1) is 14.0. The topological polar surface area (TPSA) is 57.5 Å². The van der Waals surface area contributed by atoms with E-state index in [1.54, 1.807) is 0 Å². The van der Waals surface area contributed by atoms with E-state index in [1.807, 2.05) is 0 Å². The van der Waals surface area contributed by atoms with Crippen LogP contribution in [0.3, 0.4) is 0 Å². The van der Waals surface area contributed by atoms with Crippen molar-refractivity contribution >= 4 is 40.6 Å². The average Bonchev–Trinajstić information content (AvgIpc) is 2.40. The fraction of sp³-hybridized carbons (Fsp3) is 0. The van der Waals surface area contributed by atoms with Gasteiger partial charge in [-0.25, -0.2) is 0 Å². The fourth-order valence-electron chi connectivity index (χ4n) is 1.52. The summed E-state index contributed by atoms with van der Waals surface area (Å²) in [7, 11) is 0. The Morgan fingerprint density at radius 1 is 0.947 bits per heavy atom. The predicted octanol–water partition coefficient (Wildman–Crippen LogP) is 4.29. The molecule has 19 heavy (non-hydrogen) atoms. The molecule has 2 aromatic rings. The lowest BCUT2D eigenvalue weighted by molar-refractivity contribution is 0.103. The molecule has 0 fully saturated rings. The van der Waals surface area contributed by atoms with Crippen LogP contribution in [0.1, 0.15) is 15.9 Å². The first-order chi connectivity index (χ1) is 8.91. The zero-order chi connectivity index (χ0) is 14.2. The average molecular weight is 318 g/mol. The standard InChI is InChI=1S/C13H7Cl3O3/c14-9-5-8(10(15)11(16)13(9)19)12(18)6-1-3-7(17)4-2-6/h1-5,17,19H. The SMILES string of the molecule is O=C(c1ccc(O)cc1)c1cc(Cl)c(O)c(Cl)c1Cl. The summed E-state index contributed by atoms with van der Waals surface area (Å²) in [6, 6.07) is 6.90. The third-order valence-electron chi connectivity index (χ3n) is 2.51. The van der Waals surface area contributed by atoms with Crippen molar-refractivity contribution in [3.63, 3.8) is 0 Å². The van der Waals surface area contributed by atoms with Gasteiger partial charge in [0.1, 0.15) is 10.8 Å². The van der Waals surface area contributed by atoms with E-state index >= 15 is 0 Å². The van der Waals surface area contributed by atoms with Crippen LogP contribution >= 0.6 is 34.8 Å². The monoisotopic (exact) mass is 316 g/mol. The van der Waals surface area contributed by atoms with Crippen molar-refractivity contribution < 1.29 is 15.0 Å². The van der Waals surface area contributed by atoms with Gasteiger partial charge in [-0.2, -0.15) is 0 Å². The van der Waals surface area contributed by atoms with E-state index in [4.69, 9.17) is 34.8 Å². The van der Waals surface area contributed by atoms with Gasteiger partial charge in [0.2, 0.25) is 0 Å². The van der Waals surface area contributed by atoms with E-state index in [1.165, 1.54) is 30.3 Å². The summed E-state index contributed by atoms with van der Waals surface area (Å²) in [5.74, 6) is -0.728. The molecule has 0 amide bonds. The number of carbonyl (C=O) groups excluding carboxylic acids is 1. The Labute approximate surface area is 124 Å². The van der Waals surface area contributed by atoms with Gasteiger partial charge in [0.25, 0.3) is 0 Å². The van der Waals surface area contributed by atoms with Crippen LogP contribution in [0.4, 0.5) is 0 Å². The molecule has 0 heterocycles. The van der Waals surface area contributed by atoms with Gasteiger partial charge >= 0.3 is 0 Å². The van der Waals surface area contributed by atoms with E-state index in [2.05, 4.69) is 0 Å². The molecule has 0 bridgehead atoms. The number of hydrogen-bond acceptors (Lipinski definition) is 3. The highest BCUT2D eigenvalue weighted by Crippen LogP contribution is 2.40. The lowest BCUT2D eigenvalue weighted by Crippen LogP contribution is -2.02. The number of phenolic OH excluding ortho intramolecular Hbond substituents is 2. The quantitative estimate of drug-likeness (QED) is 0.641. The van der Waals surface area contributed by atoms with Gasteiger partial charge in [0.15, 0.2) is 11.5 Å². The van der Waals surface area contributed by atoms with E-state index in [0.29, 0.717) is 5.56 Å². The van der Waals surface area contributed by atoms with Crippen LogP contribution in [-0.2, 0) is 0 Å². The molecule has 6 heteroatoms. The number of halogens is 3. The third-order valence-corrected chi connectivity index (χ3v) is 3.65. The largest absolute Gasteiger partial charge is 0.508 e. The predicted molar refractivity (Wildman–Crippen MR) is 74.7 cm³/mol. The van der Waals surface area contributed by atoms with Crippen molar-refractivity contribution in [1.29, 1.82) is 0 Å². The molecule has 0 aliphatic carbocycles. The molecule has 0 saturated carbocycles. The van der Waals surface area contributed by atoms with Crippen molar-refractivity contribution in [1.82, 2.24) is 0 Å². The summed E-state index contributed by atoms with van der Waals surface area (Å²) in [5.41, 5.74) is 0.401. The number of rotatable bonds is 2. The van der Waals surface area contributed by atoms with Gasteiger partial charge in [-0.05, 0) is 30.3 Å². The van der Waals surface area contributed by atoms with Crippen molar-refractivity contribution in [3.05, 3.63) is 56.5 Å². The highest BCUT2D eigenvalue weighted by Gasteiger charge is 2.19. The summed E-state index contributed by atoms with van der Waals surface area (Å²) >= 11 is 17.5. The first-order valence-electron chi connectivity index (χ1n) is 5.12. The number of benzene rings is 2. The minimum Gasteiger partial charge on any atom is -0.508 e. The third kappa shape index (κ3) is 2.63. The molecule has 3 nitrogen and oxygen atoms in total. The zero-order valence-electron chi connectivity index (χ0n) is 9.32. The smallest absolute Gasteiger partial charge is 0.194 e. The molecule has 0 saturated heterocycles. The van der Waals surface area contributed by atoms with Crippen LogP contribution in [0.2, 0.25) is 15.1 Å². The van der Waals surface area contributed by atoms with Gasteiger partial charge < -0.3 is 10.2 Å². The Morgan fingerprint density at radius 3 is 2.11 bits per heavy atom. The van der Waals surface area contributed by atoms with Crippen LogP contribution in [0.25, 0.3) is 0 Å². The summed E-state index contributed by atoms with van der Waals surface area (Å²) in [6.45, 7) is 0. The number of ketones is 1. The maximum atomic E-state index is 12.2. The zero-order valence-corrected chi connectivity index (χ0v) is 11.6. The van der Waals surface area contributed by atoms with Crippen molar-refractivity contribution in [2.75, 3.05) is 0 Å². The van der Waals surface area contributed by atoms with Crippen LogP contribution in [-0.4, -0.2) is 16.0 Å². The van der Waals surface area contributed by atoms with Gasteiger partial charge in [-0.15, -0.1) is 0 Å². The molecule has 2 N–H and O–H groups in total. The van der Waals surface area contributed by atoms with Crippen molar-refractivity contribution in [2.45, 2.75) is 0 Å². The van der Waals surface area contributed by atoms with Crippen molar-refractivity contribution in [2.24, 2.45) is 0 Å². The number of hydrogen-bond donors (Lipinski definition) is 2. The number of aromatic hydroxyl groups is 2. The second-order valence-electron chi connectivity index (χ2n) is 3.76. The van der Waals surface area contributed by atoms with Crippen LogP contribution in [0.5, 0.6) is 11.5 Å². The maximum absolute atomic E-state index is 12.2. The van der Waals surface area contributed by atoms with E-state index in [0.717, 1.165) is 0 Å². The molecule has 0 spiro atoms. The molecular formula is C13H7Cl3O3. The van der Waals surface area contributed by atoms with Gasteiger partial charge in [0, 0.05) is 11.1 Å². The molecule has 0 aliphatic heterocycles. The molecule has 98 valence electrons. The Bertz CT molecular complexity index is 651. The molecule has 0 aliphatic rings. The van der Waals surface area contributed by atoms with E-state index < -0.39 is 5.78 Å². The number of carbonyl (C=O) groups is 1. The Morgan fingerprint density at radius 2 is 1.53 bits per heavy atom. The molecule has 0 aromatic heterocycles. The Balaban J connectivity index is 2.53. The van der Waals surface area contributed by atoms with Crippen molar-refractivity contribution in [3.8, 4) is 11.5 Å². The summed E-state index contributed by atoms with van der Waals surface area (Å²) in [6.07, 6.45) is 0. The van der Waals surface area contributed by atoms with E-state index in [9.17, 15) is 15.0 Å². The summed E-state index contributed by atoms with van der Waals surface area (Å²) in [5, 5.41) is 18.4. The lowest BCUT2D eigenvalue weighted by Gasteiger charge is -2.08. The maximum Gasteiger partial charge on any atom is 0.194 e. The van der Waals surface area contributed by atoms with E-state index in [-0.39, 0.29) is 32.1 Å². The van der Waals surface area contributed by atoms with Crippen LogP contribution < -0.4 is 0 Å². The van der Waals surface area contributed by atoms with Gasteiger partial charge in [-0.1, -0.05) is 34.8 Å². The molecule has 0 radical (unpaired) electrons. The molecule has 0 unspecified atom stereocenters. The molecule has 0 atom stereocenters. The van der Waals surface area contributed by atoms with Crippen LogP contribution in [0, 0.1) is 0 Å². The van der Waals surface area contributed by atoms with Crippen LogP contribution in [0.15, 0.2) is 30.3 Å². The molecule has 2 rings (SSSR count). The summed E-state index contributed by atoms with van der Waals surface area (Å²) < 4.78 is 0. The highest BCUT2D eigenvalue weighted by molar-refractivity contribution is 6.47. The summed E-state index contributed by atoms with van der Waals surface area (Å²) in [4.78, 5) is 12.2. The minimum atomic E-state index is -0.409. The fourth-order valence-corrected chi connectivity index (χ4v) is 2.20. The lowest BCUT2D eigenvalue weighted by atomic mass is 10.0. The highest BCUT2D eigenvalue weighted by atomic mass is 35.5. The molecular weight excluding hydrogens is 310 g/mol.